The number of nitrogens with zero attached hydrogens (tertiary/aromatic N) is 2. The van der Waals surface area contributed by atoms with Crippen molar-refractivity contribution in [3.05, 3.63) is 71.2 Å². The minimum atomic E-state index is -0.320. The average Bonchev–Trinajstić information content (AvgIpc) is 3.50. The molecule has 0 unspecified atom stereocenters. The Hall–Kier alpha value is -3.95. The zero-order valence-electron chi connectivity index (χ0n) is 19.0. The number of anilines is 3. The third kappa shape index (κ3) is 3.88. The number of ether oxygens (including phenoxy) is 1. The number of nitrogens with one attached hydrogen (secondary N) is 3. The number of aromatic nitrogens is 1. The zero-order chi connectivity index (χ0) is 23.9. The molecule has 1 saturated heterocycles. The van der Waals surface area contributed by atoms with E-state index in [1.54, 1.807) is 11.1 Å². The quantitative estimate of drug-likeness (QED) is 0.362. The van der Waals surface area contributed by atoms with Gasteiger partial charge in [-0.2, -0.15) is 0 Å². The molecule has 0 bridgehead atoms. The Balaban J connectivity index is 1.36. The average molecular weight is 486 g/mol. The van der Waals surface area contributed by atoms with Crippen molar-refractivity contribution in [3.63, 3.8) is 0 Å². The van der Waals surface area contributed by atoms with Gasteiger partial charge < -0.3 is 20.7 Å². The monoisotopic (exact) mass is 485 g/mol. The highest BCUT2D eigenvalue weighted by molar-refractivity contribution is 7.21. The lowest BCUT2D eigenvalue weighted by molar-refractivity contribution is 0.0945. The van der Waals surface area contributed by atoms with Crippen LogP contribution in [0.2, 0.25) is 0 Å². The van der Waals surface area contributed by atoms with Crippen LogP contribution in [0, 0.1) is 6.92 Å². The van der Waals surface area contributed by atoms with Gasteiger partial charge in [0.1, 0.15) is 21.2 Å². The minimum absolute atomic E-state index is 0.0856. The van der Waals surface area contributed by atoms with Gasteiger partial charge in [-0.1, -0.05) is 18.2 Å². The van der Waals surface area contributed by atoms with Gasteiger partial charge in [0.25, 0.3) is 5.91 Å². The first-order valence-electron chi connectivity index (χ1n) is 11.5. The van der Waals surface area contributed by atoms with E-state index in [1.165, 1.54) is 11.3 Å². The summed E-state index contributed by atoms with van der Waals surface area (Å²) < 4.78 is 5.95. The van der Waals surface area contributed by atoms with E-state index in [0.29, 0.717) is 26.8 Å². The van der Waals surface area contributed by atoms with E-state index in [1.807, 2.05) is 61.5 Å². The van der Waals surface area contributed by atoms with Crippen LogP contribution in [-0.2, 0) is 0 Å². The van der Waals surface area contributed by atoms with E-state index in [0.717, 1.165) is 41.9 Å². The number of aryl methyl sites for hydroxylation is 1. The molecular weight excluding hydrogens is 462 g/mol. The maximum atomic E-state index is 13.4. The Bertz CT molecular complexity index is 1450. The zero-order valence-corrected chi connectivity index (χ0v) is 19.8. The molecule has 4 aromatic rings. The van der Waals surface area contributed by atoms with E-state index in [9.17, 15) is 9.59 Å². The SMILES string of the molecule is Cc1cc(Oc2ccccc2)ccc1N1C(=O)Nc2c(C(=O)N[C@@H]3CCNC3)sc3nccc1c23. The van der Waals surface area contributed by atoms with E-state index in [4.69, 9.17) is 4.74 Å². The minimum Gasteiger partial charge on any atom is -0.457 e. The number of urea groups is 1. The first kappa shape index (κ1) is 21.6. The van der Waals surface area contributed by atoms with Crippen molar-refractivity contribution in [2.24, 2.45) is 0 Å². The van der Waals surface area contributed by atoms with Gasteiger partial charge in [-0.15, -0.1) is 11.3 Å². The Morgan fingerprint density at radius 2 is 2.00 bits per heavy atom. The number of para-hydroxylation sites is 1. The molecule has 2 aliphatic rings. The van der Waals surface area contributed by atoms with Gasteiger partial charge in [0.15, 0.2) is 0 Å². The molecule has 0 aliphatic carbocycles. The van der Waals surface area contributed by atoms with Gasteiger partial charge in [-0.3, -0.25) is 9.69 Å². The second-order valence-electron chi connectivity index (χ2n) is 8.61. The summed E-state index contributed by atoms with van der Waals surface area (Å²) >= 11 is 1.30. The Morgan fingerprint density at radius 1 is 1.14 bits per heavy atom. The summed E-state index contributed by atoms with van der Waals surface area (Å²) in [6.07, 6.45) is 2.56. The molecule has 35 heavy (non-hydrogen) atoms. The number of carbonyl (C=O) groups is 2. The molecule has 3 amide bonds. The number of hydrogen-bond acceptors (Lipinski definition) is 6. The van der Waals surface area contributed by atoms with Crippen molar-refractivity contribution in [1.29, 1.82) is 0 Å². The summed E-state index contributed by atoms with van der Waals surface area (Å²) in [5, 5.41) is 10.1. The van der Waals surface area contributed by atoms with Crippen LogP contribution in [0.5, 0.6) is 11.5 Å². The second-order valence-corrected chi connectivity index (χ2v) is 9.61. The van der Waals surface area contributed by atoms with Crippen LogP contribution in [-0.4, -0.2) is 36.1 Å². The van der Waals surface area contributed by atoms with Crippen molar-refractivity contribution >= 4 is 50.6 Å². The van der Waals surface area contributed by atoms with Gasteiger partial charge in [0, 0.05) is 18.8 Å². The molecule has 3 N–H and O–H groups in total. The van der Waals surface area contributed by atoms with Crippen molar-refractivity contribution in [3.8, 4) is 11.5 Å². The van der Waals surface area contributed by atoms with Gasteiger partial charge in [0.05, 0.1) is 22.4 Å². The lowest BCUT2D eigenvalue weighted by Crippen LogP contribution is -2.37. The fourth-order valence-electron chi connectivity index (χ4n) is 4.58. The topological polar surface area (TPSA) is 95.6 Å². The summed E-state index contributed by atoms with van der Waals surface area (Å²) in [4.78, 5) is 33.7. The fourth-order valence-corrected chi connectivity index (χ4v) is 5.60. The number of thiophene rings is 1. The van der Waals surface area contributed by atoms with Crippen LogP contribution in [0.3, 0.4) is 0 Å². The maximum Gasteiger partial charge on any atom is 0.331 e. The molecule has 9 heteroatoms. The fraction of sp³-hybridized carbons (Fsp3) is 0.192. The van der Waals surface area contributed by atoms with E-state index in [-0.39, 0.29) is 18.0 Å². The van der Waals surface area contributed by atoms with E-state index in [2.05, 4.69) is 20.9 Å². The molecule has 8 nitrogen and oxygen atoms in total. The highest BCUT2D eigenvalue weighted by Crippen LogP contribution is 2.46. The van der Waals surface area contributed by atoms with Gasteiger partial charge in [-0.25, -0.2) is 9.78 Å². The molecule has 6 rings (SSSR count). The van der Waals surface area contributed by atoms with Crippen LogP contribution >= 0.6 is 11.3 Å². The lowest BCUT2D eigenvalue weighted by Gasteiger charge is -2.29. The number of rotatable bonds is 5. The maximum absolute atomic E-state index is 13.4. The Kier molecular flexibility index (Phi) is 5.35. The van der Waals surface area contributed by atoms with Crippen molar-refractivity contribution in [2.75, 3.05) is 23.3 Å². The number of amides is 3. The molecule has 0 radical (unpaired) electrons. The number of carbonyl (C=O) groups excluding carboxylic acids is 2. The van der Waals surface area contributed by atoms with Crippen LogP contribution in [0.4, 0.5) is 21.9 Å². The molecule has 0 saturated carbocycles. The van der Waals surface area contributed by atoms with Crippen LogP contribution in [0.25, 0.3) is 10.2 Å². The molecule has 176 valence electrons. The molecule has 2 aromatic carbocycles. The van der Waals surface area contributed by atoms with Crippen molar-refractivity contribution in [2.45, 2.75) is 19.4 Å². The van der Waals surface area contributed by atoms with E-state index >= 15 is 0 Å². The van der Waals surface area contributed by atoms with Crippen molar-refractivity contribution in [1.82, 2.24) is 15.6 Å². The number of hydrogen-bond donors (Lipinski definition) is 3. The lowest BCUT2D eigenvalue weighted by atomic mass is 10.1. The van der Waals surface area contributed by atoms with Crippen molar-refractivity contribution < 1.29 is 14.3 Å². The summed E-state index contributed by atoms with van der Waals surface area (Å²) in [6.45, 7) is 3.57. The predicted molar refractivity (Wildman–Crippen MR) is 137 cm³/mol. The standard InChI is InChI=1S/C26H23N5O3S/c1-15-13-18(34-17-5-3-2-4-6-17)7-8-19(15)31-20-10-12-28-25-21(20)22(30-26(31)33)23(35-25)24(32)29-16-9-11-27-14-16/h2-8,10,12-13,16,27H,9,11,14H2,1H3,(H,29,32)(H,30,33)/t16-/m1/s1. The summed E-state index contributed by atoms with van der Waals surface area (Å²) in [5.41, 5.74) is 2.84. The highest BCUT2D eigenvalue weighted by atomic mass is 32.1. The van der Waals surface area contributed by atoms with Gasteiger partial charge in [-0.05, 0) is 61.9 Å². The second kappa shape index (κ2) is 8.68. The third-order valence-electron chi connectivity index (χ3n) is 6.24. The molecule has 0 spiro atoms. The number of benzene rings is 2. The molecule has 2 aliphatic heterocycles. The van der Waals surface area contributed by atoms with Gasteiger partial charge >= 0.3 is 6.03 Å². The summed E-state index contributed by atoms with van der Waals surface area (Å²) in [5.74, 6) is 1.25. The molecular formula is C26H23N5O3S. The molecule has 4 heterocycles. The van der Waals surface area contributed by atoms with E-state index < -0.39 is 0 Å². The largest absolute Gasteiger partial charge is 0.457 e. The van der Waals surface area contributed by atoms with Gasteiger partial charge in [0.2, 0.25) is 0 Å². The first-order chi connectivity index (χ1) is 17.1. The predicted octanol–water partition coefficient (Wildman–Crippen LogP) is 5.17. The summed E-state index contributed by atoms with van der Waals surface area (Å²) in [7, 11) is 0. The normalized spacial score (nSPS) is 16.9. The third-order valence-corrected chi connectivity index (χ3v) is 7.33. The van der Waals surface area contributed by atoms with Crippen LogP contribution in [0.1, 0.15) is 21.7 Å². The molecule has 1 fully saturated rings. The highest BCUT2D eigenvalue weighted by Gasteiger charge is 2.33. The summed E-state index contributed by atoms with van der Waals surface area (Å²) in [6, 6.07) is 16.8. The smallest absolute Gasteiger partial charge is 0.331 e. The van der Waals surface area contributed by atoms with Crippen LogP contribution < -0.4 is 25.6 Å². The Labute approximate surface area is 205 Å². The Morgan fingerprint density at radius 3 is 2.77 bits per heavy atom. The number of pyridine rings is 1. The first-order valence-corrected chi connectivity index (χ1v) is 12.3. The van der Waals surface area contributed by atoms with Crippen LogP contribution in [0.15, 0.2) is 60.8 Å². The molecule has 2 aromatic heterocycles. The molecule has 1 atom stereocenters.